The molecule has 0 radical (unpaired) electrons. The van der Waals surface area contributed by atoms with E-state index < -0.39 is 4.92 Å². The highest BCUT2D eigenvalue weighted by Gasteiger charge is 2.16. The number of aromatic nitrogens is 1. The molecule has 0 spiro atoms. The van der Waals surface area contributed by atoms with Crippen molar-refractivity contribution in [1.82, 2.24) is 10.3 Å². The number of hydrogen-bond acceptors (Lipinski definition) is 9. The summed E-state index contributed by atoms with van der Waals surface area (Å²) >= 11 is 3.83. The third-order valence-corrected chi connectivity index (χ3v) is 9.27. The Morgan fingerprint density at radius 3 is 2.44 bits per heavy atom. The second-order valence-corrected chi connectivity index (χ2v) is 12.5. The Balaban J connectivity index is 1.06. The largest absolute Gasteiger partial charge is 0.351 e. The Morgan fingerprint density at radius 1 is 0.837 bits per heavy atom. The highest BCUT2D eigenvalue weighted by molar-refractivity contribution is 8.01. The van der Waals surface area contributed by atoms with Crippen LogP contribution in [-0.4, -0.2) is 44.9 Å². The van der Waals surface area contributed by atoms with Crippen LogP contribution in [0.3, 0.4) is 0 Å². The van der Waals surface area contributed by atoms with Crippen LogP contribution in [0.4, 0.5) is 17.1 Å². The first-order valence-corrected chi connectivity index (χ1v) is 16.0. The number of para-hydroxylation sites is 2. The molecule has 0 fully saturated rings. The Morgan fingerprint density at radius 2 is 1.58 bits per heavy atom. The number of hydrogen-bond donors (Lipinski definition) is 3. The molecule has 5 rings (SSSR count). The van der Waals surface area contributed by atoms with Crippen molar-refractivity contribution in [1.29, 1.82) is 0 Å². The lowest BCUT2D eigenvalue weighted by molar-refractivity contribution is -0.383. The van der Waals surface area contributed by atoms with Gasteiger partial charge in [-0.2, -0.15) is 0 Å². The molecule has 43 heavy (non-hydrogen) atoms. The van der Waals surface area contributed by atoms with Gasteiger partial charge < -0.3 is 16.0 Å². The number of carbonyl (C=O) groups excluding carboxylic acids is 3. The van der Waals surface area contributed by atoms with Crippen LogP contribution in [0.1, 0.15) is 5.56 Å². The van der Waals surface area contributed by atoms with Crippen molar-refractivity contribution in [3.05, 3.63) is 101 Å². The van der Waals surface area contributed by atoms with E-state index in [1.54, 1.807) is 18.2 Å². The Labute approximate surface area is 258 Å². The molecule has 5 aromatic rings. The van der Waals surface area contributed by atoms with Crippen LogP contribution in [0.15, 0.2) is 89.3 Å². The molecule has 1 heterocycles. The topological polar surface area (TPSA) is 143 Å². The van der Waals surface area contributed by atoms with Gasteiger partial charge in [0, 0.05) is 18.3 Å². The summed E-state index contributed by atoms with van der Waals surface area (Å²) in [6.45, 7) is 0.419. The maximum Gasteiger partial charge on any atom is 0.292 e. The minimum atomic E-state index is -0.545. The number of amides is 3. The Bertz CT molecular complexity index is 1820. The van der Waals surface area contributed by atoms with Crippen LogP contribution in [0, 0.1) is 10.1 Å². The van der Waals surface area contributed by atoms with E-state index in [-0.39, 0.29) is 46.4 Å². The fourth-order valence-electron chi connectivity index (χ4n) is 4.22. The first-order chi connectivity index (χ1) is 20.9. The molecular weight excluding hydrogens is 607 g/mol. The molecule has 3 amide bonds. The van der Waals surface area contributed by atoms with Crippen molar-refractivity contribution in [2.45, 2.75) is 10.9 Å². The summed E-state index contributed by atoms with van der Waals surface area (Å²) in [5.74, 6) is -0.432. The van der Waals surface area contributed by atoms with Crippen LogP contribution < -0.4 is 16.0 Å². The molecule has 0 aliphatic heterocycles. The van der Waals surface area contributed by atoms with Gasteiger partial charge in [-0.1, -0.05) is 66.4 Å². The minimum absolute atomic E-state index is 0.0300. The average Bonchev–Trinajstić information content (AvgIpc) is 3.41. The molecule has 218 valence electrons. The van der Waals surface area contributed by atoms with Crippen LogP contribution >= 0.6 is 34.9 Å². The molecule has 13 heteroatoms. The molecule has 0 aliphatic carbocycles. The predicted octanol–water partition coefficient (Wildman–Crippen LogP) is 6.08. The second-order valence-electron chi connectivity index (χ2n) is 9.23. The third kappa shape index (κ3) is 8.09. The molecule has 0 saturated carbocycles. The van der Waals surface area contributed by atoms with Gasteiger partial charge in [0.2, 0.25) is 17.7 Å². The van der Waals surface area contributed by atoms with Crippen molar-refractivity contribution in [2.24, 2.45) is 0 Å². The van der Waals surface area contributed by atoms with E-state index in [0.717, 1.165) is 26.6 Å². The lowest BCUT2D eigenvalue weighted by atomic mass is 10.0. The minimum Gasteiger partial charge on any atom is -0.351 e. The van der Waals surface area contributed by atoms with Gasteiger partial charge >= 0.3 is 0 Å². The van der Waals surface area contributed by atoms with E-state index in [4.69, 9.17) is 0 Å². The lowest BCUT2D eigenvalue weighted by Crippen LogP contribution is -2.25. The molecular formula is C30H25N5O5S3. The van der Waals surface area contributed by atoms with Gasteiger partial charge in [0.05, 0.1) is 32.4 Å². The smallest absolute Gasteiger partial charge is 0.292 e. The van der Waals surface area contributed by atoms with E-state index in [0.29, 0.717) is 16.6 Å². The van der Waals surface area contributed by atoms with Crippen molar-refractivity contribution in [3.8, 4) is 0 Å². The number of carbonyl (C=O) groups is 3. The van der Waals surface area contributed by atoms with E-state index in [1.807, 2.05) is 48.5 Å². The fraction of sp³-hybridized carbons (Fsp3) is 0.133. The molecule has 0 bridgehead atoms. The summed E-state index contributed by atoms with van der Waals surface area (Å²) in [5, 5.41) is 21.7. The first kappa shape index (κ1) is 30.0. The highest BCUT2D eigenvalue weighted by Crippen LogP contribution is 2.32. The van der Waals surface area contributed by atoms with E-state index in [1.165, 1.54) is 53.1 Å². The van der Waals surface area contributed by atoms with E-state index in [9.17, 15) is 24.5 Å². The zero-order chi connectivity index (χ0) is 30.2. The fourth-order valence-corrected chi connectivity index (χ4v) is 6.77. The number of anilines is 2. The standard InChI is InChI=1S/C30H25N5O5S3/c36-27(31-15-20-8-5-7-19-6-1-2-9-22(19)20)16-41-17-28(37)32-21-12-13-24-26(14-21)43-30(34-24)42-18-29(38)33-23-10-3-4-11-25(23)35(39)40/h1-14H,15-18H2,(H,31,36)(H,32,37)(H,33,38). The number of benzene rings is 4. The van der Waals surface area contributed by atoms with Gasteiger partial charge in [-0.3, -0.25) is 24.5 Å². The lowest BCUT2D eigenvalue weighted by Gasteiger charge is -2.09. The molecule has 10 nitrogen and oxygen atoms in total. The number of thiazole rings is 1. The molecule has 0 aliphatic rings. The summed E-state index contributed by atoms with van der Waals surface area (Å²) in [7, 11) is 0. The number of fused-ring (bicyclic) bond motifs is 2. The molecule has 3 N–H and O–H groups in total. The molecule has 1 aromatic heterocycles. The van der Waals surface area contributed by atoms with Gasteiger partial charge in [-0.25, -0.2) is 4.98 Å². The van der Waals surface area contributed by atoms with Crippen molar-refractivity contribution in [3.63, 3.8) is 0 Å². The summed E-state index contributed by atoms with van der Waals surface area (Å²) in [4.78, 5) is 52.3. The number of rotatable bonds is 12. The van der Waals surface area contributed by atoms with E-state index >= 15 is 0 Å². The van der Waals surface area contributed by atoms with Crippen LogP contribution in [0.25, 0.3) is 21.0 Å². The zero-order valence-corrected chi connectivity index (χ0v) is 25.0. The SMILES string of the molecule is O=C(CSCC(=O)Nc1ccc2nc(SCC(=O)Nc3ccccc3[N+](=O)[O-])sc2c1)NCc1cccc2ccccc12. The number of nitro benzene ring substituents is 1. The molecule has 0 unspecified atom stereocenters. The third-order valence-electron chi connectivity index (χ3n) is 6.18. The number of thioether (sulfide) groups is 2. The molecule has 4 aromatic carbocycles. The maximum absolute atomic E-state index is 12.5. The predicted molar refractivity (Wildman–Crippen MR) is 174 cm³/mol. The summed E-state index contributed by atoms with van der Waals surface area (Å²) < 4.78 is 1.49. The van der Waals surface area contributed by atoms with Crippen molar-refractivity contribution in [2.75, 3.05) is 27.9 Å². The molecule has 0 atom stereocenters. The van der Waals surface area contributed by atoms with Gasteiger partial charge in [0.1, 0.15) is 5.69 Å². The maximum atomic E-state index is 12.5. The summed E-state index contributed by atoms with van der Waals surface area (Å²) in [6.07, 6.45) is 0. The van der Waals surface area contributed by atoms with Crippen LogP contribution in [0.2, 0.25) is 0 Å². The monoisotopic (exact) mass is 631 g/mol. The van der Waals surface area contributed by atoms with E-state index in [2.05, 4.69) is 20.9 Å². The van der Waals surface area contributed by atoms with Gasteiger partial charge in [-0.05, 0) is 40.6 Å². The average molecular weight is 632 g/mol. The van der Waals surface area contributed by atoms with Crippen LogP contribution in [0.5, 0.6) is 0 Å². The summed E-state index contributed by atoms with van der Waals surface area (Å²) in [6, 6.07) is 25.3. The van der Waals surface area contributed by atoms with Gasteiger partial charge in [0.15, 0.2) is 4.34 Å². The van der Waals surface area contributed by atoms with Crippen molar-refractivity contribution >= 4 is 90.6 Å². The second kappa shape index (κ2) is 14.1. The number of nitrogens with zero attached hydrogens (tertiary/aromatic N) is 2. The Hall–Kier alpha value is -4.46. The molecule has 0 saturated heterocycles. The summed E-state index contributed by atoms with van der Waals surface area (Å²) in [5.41, 5.74) is 2.34. The first-order valence-electron chi connectivity index (χ1n) is 13.0. The van der Waals surface area contributed by atoms with Crippen molar-refractivity contribution < 1.29 is 19.3 Å². The number of nitrogens with one attached hydrogen (secondary N) is 3. The van der Waals surface area contributed by atoms with Crippen LogP contribution in [-0.2, 0) is 20.9 Å². The van der Waals surface area contributed by atoms with Gasteiger partial charge in [0.25, 0.3) is 5.69 Å². The quantitative estimate of drug-likeness (QED) is 0.0855. The van der Waals surface area contributed by atoms with Gasteiger partial charge in [-0.15, -0.1) is 23.1 Å². The normalized spacial score (nSPS) is 10.9. The highest BCUT2D eigenvalue weighted by atomic mass is 32.2. The number of nitro groups is 1. The Kier molecular flexibility index (Phi) is 9.87. The zero-order valence-electron chi connectivity index (χ0n) is 22.6.